The Morgan fingerprint density at radius 2 is 2.12 bits per heavy atom. The minimum atomic E-state index is -0.183. The Labute approximate surface area is 196 Å². The quantitative estimate of drug-likeness (QED) is 0.413. The summed E-state index contributed by atoms with van der Waals surface area (Å²) in [4.78, 5) is 17.3. The first-order chi connectivity index (χ1) is 16.2. The number of nitrogens with one attached hydrogen (secondary N) is 1. The molecule has 7 nitrogen and oxygen atoms in total. The van der Waals surface area contributed by atoms with Gasteiger partial charge in [0.05, 0.1) is 18.4 Å². The summed E-state index contributed by atoms with van der Waals surface area (Å²) in [5, 5.41) is 7.55. The first-order valence-electron chi connectivity index (χ1n) is 11.0. The average Bonchev–Trinajstić information content (AvgIpc) is 3.52. The zero-order valence-corrected chi connectivity index (χ0v) is 19.0. The van der Waals surface area contributed by atoms with Crippen molar-refractivity contribution in [2.75, 3.05) is 0 Å². The van der Waals surface area contributed by atoms with Crippen LogP contribution in [0.5, 0.6) is 16.7 Å². The number of ether oxygens (including phenoxy) is 2. The molecule has 0 saturated heterocycles. The van der Waals surface area contributed by atoms with Crippen molar-refractivity contribution in [3.63, 3.8) is 0 Å². The van der Waals surface area contributed by atoms with E-state index in [2.05, 4.69) is 27.5 Å². The lowest BCUT2D eigenvalue weighted by Gasteiger charge is -2.26. The average molecular weight is 461 g/mol. The van der Waals surface area contributed by atoms with E-state index in [0.717, 1.165) is 36.4 Å². The van der Waals surface area contributed by atoms with Crippen LogP contribution in [0.1, 0.15) is 45.9 Å². The second-order valence-electron chi connectivity index (χ2n) is 7.74. The number of carbonyl (C=O) groups excluding carboxylic acids is 1. The molecule has 1 aliphatic rings. The highest BCUT2D eigenvalue weighted by atomic mass is 32.1. The van der Waals surface area contributed by atoms with Crippen LogP contribution in [0.15, 0.2) is 67.0 Å². The minimum absolute atomic E-state index is 0.0708. The van der Waals surface area contributed by atoms with Crippen molar-refractivity contribution in [3.05, 3.63) is 88.7 Å². The van der Waals surface area contributed by atoms with E-state index >= 15 is 0 Å². The van der Waals surface area contributed by atoms with Crippen LogP contribution in [0.3, 0.4) is 0 Å². The van der Waals surface area contributed by atoms with Crippen molar-refractivity contribution in [1.29, 1.82) is 0 Å². The van der Waals surface area contributed by atoms with E-state index in [4.69, 9.17) is 9.47 Å². The number of amides is 1. The van der Waals surface area contributed by atoms with Gasteiger partial charge in [0.15, 0.2) is 0 Å². The molecule has 0 saturated carbocycles. The molecule has 0 fully saturated rings. The highest BCUT2D eigenvalue weighted by Crippen LogP contribution is 2.38. The van der Waals surface area contributed by atoms with Gasteiger partial charge >= 0.3 is 0 Å². The monoisotopic (exact) mass is 460 g/mol. The number of aryl methyl sites for hydroxylation is 2. The van der Waals surface area contributed by atoms with Gasteiger partial charge in [-0.25, -0.2) is 4.98 Å². The molecule has 0 bridgehead atoms. The summed E-state index contributed by atoms with van der Waals surface area (Å²) in [5.41, 5.74) is 3.26. The Hall–Kier alpha value is -3.65. The van der Waals surface area contributed by atoms with Crippen molar-refractivity contribution in [1.82, 2.24) is 20.1 Å². The highest BCUT2D eigenvalue weighted by Gasteiger charge is 2.22. The molecule has 3 heterocycles. The van der Waals surface area contributed by atoms with Gasteiger partial charge in [-0.05, 0) is 55.2 Å². The summed E-state index contributed by atoms with van der Waals surface area (Å²) in [5.74, 6) is 1.38. The molecule has 1 N–H and O–H groups in total. The molecule has 2 aromatic carbocycles. The molecule has 4 aromatic rings. The molecule has 0 radical (unpaired) electrons. The second kappa shape index (κ2) is 9.46. The largest absolute Gasteiger partial charge is 0.485 e. The highest BCUT2D eigenvalue weighted by molar-refractivity contribution is 7.15. The maximum absolute atomic E-state index is 12.5. The summed E-state index contributed by atoms with van der Waals surface area (Å²) < 4.78 is 14.0. The van der Waals surface area contributed by atoms with E-state index in [1.165, 1.54) is 16.9 Å². The van der Waals surface area contributed by atoms with Crippen LogP contribution in [-0.2, 0) is 19.5 Å². The summed E-state index contributed by atoms with van der Waals surface area (Å²) in [6, 6.07) is 18.0. The van der Waals surface area contributed by atoms with Gasteiger partial charge in [0.2, 0.25) is 0 Å². The first kappa shape index (κ1) is 21.2. The smallest absolute Gasteiger partial charge is 0.279 e. The van der Waals surface area contributed by atoms with Gasteiger partial charge < -0.3 is 14.8 Å². The molecule has 168 valence electrons. The molecule has 2 aromatic heterocycles. The maximum atomic E-state index is 12.5. The molecule has 1 amide bonds. The molecule has 1 unspecified atom stereocenters. The second-order valence-corrected chi connectivity index (χ2v) is 8.73. The topological polar surface area (TPSA) is 78.3 Å². The van der Waals surface area contributed by atoms with E-state index in [1.54, 1.807) is 12.4 Å². The Bertz CT molecular complexity index is 1250. The van der Waals surface area contributed by atoms with Gasteiger partial charge in [-0.1, -0.05) is 41.7 Å². The van der Waals surface area contributed by atoms with Crippen molar-refractivity contribution in [2.45, 2.75) is 39.0 Å². The Morgan fingerprint density at radius 3 is 2.97 bits per heavy atom. The lowest BCUT2D eigenvalue weighted by molar-refractivity contribution is 0.0953. The van der Waals surface area contributed by atoms with E-state index in [9.17, 15) is 4.79 Å². The van der Waals surface area contributed by atoms with Crippen LogP contribution in [0.4, 0.5) is 0 Å². The molecule has 5 rings (SSSR count). The molecule has 0 spiro atoms. The molecular formula is C25H24N4O3S. The predicted molar refractivity (Wildman–Crippen MR) is 126 cm³/mol. The number of nitrogens with zero attached hydrogens (tertiary/aromatic N) is 3. The number of aromatic nitrogens is 3. The van der Waals surface area contributed by atoms with Gasteiger partial charge in [-0.15, -0.1) is 0 Å². The molecular weight excluding hydrogens is 436 g/mol. The third kappa shape index (κ3) is 4.75. The van der Waals surface area contributed by atoms with Crippen molar-refractivity contribution < 1.29 is 14.3 Å². The van der Waals surface area contributed by atoms with Gasteiger partial charge in [-0.2, -0.15) is 5.10 Å². The van der Waals surface area contributed by atoms with Crippen LogP contribution in [0.25, 0.3) is 0 Å². The third-order valence-corrected chi connectivity index (χ3v) is 6.47. The Balaban J connectivity index is 1.21. The lowest BCUT2D eigenvalue weighted by Crippen LogP contribution is -2.23. The Kier molecular flexibility index (Phi) is 6.08. The van der Waals surface area contributed by atoms with E-state index in [1.807, 2.05) is 54.1 Å². The number of carbonyl (C=O) groups is 1. The summed E-state index contributed by atoms with van der Waals surface area (Å²) in [6.45, 7) is 3.19. The summed E-state index contributed by atoms with van der Waals surface area (Å²) in [7, 11) is 0. The standard InChI is InChI=1S/C25H24N4O3S/c1-2-29-19(12-13-28-29)15-26-24(30)23-16-27-25(33-23)31-20-9-11-22-18(14-20)8-10-21(32-22)17-6-4-3-5-7-17/h3-7,9,11-14,16,21H,2,8,10,15H2,1H3,(H,26,30). The summed E-state index contributed by atoms with van der Waals surface area (Å²) in [6.07, 6.45) is 5.17. The number of thiazole rings is 1. The fraction of sp³-hybridized carbons (Fsp3) is 0.240. The molecule has 8 heteroatoms. The minimum Gasteiger partial charge on any atom is -0.485 e. The van der Waals surface area contributed by atoms with Crippen LogP contribution in [0, 0.1) is 0 Å². The molecule has 1 aliphatic heterocycles. The molecule has 0 aliphatic carbocycles. The number of benzene rings is 2. The van der Waals surface area contributed by atoms with Gasteiger partial charge in [0, 0.05) is 12.7 Å². The fourth-order valence-electron chi connectivity index (χ4n) is 3.89. The third-order valence-electron chi connectivity index (χ3n) is 5.60. The molecule has 33 heavy (non-hydrogen) atoms. The van der Waals surface area contributed by atoms with Crippen molar-refractivity contribution in [2.24, 2.45) is 0 Å². The van der Waals surface area contributed by atoms with Crippen LogP contribution in [-0.4, -0.2) is 20.7 Å². The van der Waals surface area contributed by atoms with Crippen molar-refractivity contribution >= 4 is 17.2 Å². The summed E-state index contributed by atoms with van der Waals surface area (Å²) >= 11 is 1.22. The zero-order chi connectivity index (χ0) is 22.6. The van der Waals surface area contributed by atoms with Crippen LogP contribution in [0.2, 0.25) is 0 Å². The number of hydrogen-bond donors (Lipinski definition) is 1. The van der Waals surface area contributed by atoms with Crippen LogP contribution >= 0.6 is 11.3 Å². The number of hydrogen-bond acceptors (Lipinski definition) is 6. The lowest BCUT2D eigenvalue weighted by atomic mass is 9.97. The zero-order valence-electron chi connectivity index (χ0n) is 18.2. The maximum Gasteiger partial charge on any atom is 0.279 e. The Morgan fingerprint density at radius 1 is 1.24 bits per heavy atom. The number of fused-ring (bicyclic) bond motifs is 1. The first-order valence-corrected chi connectivity index (χ1v) is 11.8. The fourth-order valence-corrected chi connectivity index (χ4v) is 4.60. The normalized spacial score (nSPS) is 14.9. The van der Waals surface area contributed by atoms with Gasteiger partial charge in [0.25, 0.3) is 11.1 Å². The van der Waals surface area contributed by atoms with E-state index in [-0.39, 0.29) is 12.0 Å². The van der Waals surface area contributed by atoms with Crippen LogP contribution < -0.4 is 14.8 Å². The van der Waals surface area contributed by atoms with Gasteiger partial charge in [-0.3, -0.25) is 9.48 Å². The van der Waals surface area contributed by atoms with E-state index in [0.29, 0.717) is 22.4 Å². The van der Waals surface area contributed by atoms with Gasteiger partial charge in [0.1, 0.15) is 22.5 Å². The SMILES string of the molecule is CCn1nccc1CNC(=O)c1cnc(Oc2ccc3c(c2)CCC(c2ccccc2)O3)s1. The van der Waals surface area contributed by atoms with E-state index < -0.39 is 0 Å². The number of rotatable bonds is 7. The predicted octanol–water partition coefficient (Wildman–Crippen LogP) is 5.15. The molecule has 1 atom stereocenters. The van der Waals surface area contributed by atoms with Crippen molar-refractivity contribution in [3.8, 4) is 16.7 Å².